The van der Waals surface area contributed by atoms with Gasteiger partial charge in [-0.05, 0) is 30.2 Å². The van der Waals surface area contributed by atoms with Gasteiger partial charge in [-0.2, -0.15) is 0 Å². The van der Waals surface area contributed by atoms with E-state index in [4.69, 9.17) is 4.74 Å². The first kappa shape index (κ1) is 17.5. The zero-order valence-corrected chi connectivity index (χ0v) is 14.9. The van der Waals surface area contributed by atoms with Crippen LogP contribution in [0.3, 0.4) is 0 Å². The van der Waals surface area contributed by atoms with Crippen molar-refractivity contribution >= 4 is 21.8 Å². The van der Waals surface area contributed by atoms with Crippen LogP contribution in [0.25, 0.3) is 0 Å². The number of rotatable bonds is 8. The second-order valence-electron chi connectivity index (χ2n) is 5.33. The predicted octanol–water partition coefficient (Wildman–Crippen LogP) is 4.60. The number of carbonyl (C=O) groups is 1. The summed E-state index contributed by atoms with van der Waals surface area (Å²) < 4.78 is 6.71. The minimum Gasteiger partial charge on any atom is -0.492 e. The number of amides is 1. The third-order valence-electron chi connectivity index (χ3n) is 3.49. The van der Waals surface area contributed by atoms with E-state index in [0.29, 0.717) is 24.5 Å². The average Bonchev–Trinajstić information content (AvgIpc) is 2.57. The van der Waals surface area contributed by atoms with E-state index in [2.05, 4.69) is 40.3 Å². The number of ether oxygens (including phenoxy) is 1. The summed E-state index contributed by atoms with van der Waals surface area (Å²) in [5.41, 5.74) is 1.79. The van der Waals surface area contributed by atoms with E-state index in [1.54, 1.807) is 6.07 Å². The van der Waals surface area contributed by atoms with Gasteiger partial charge in [-0.25, -0.2) is 0 Å². The number of halogens is 1. The highest BCUT2D eigenvalue weighted by atomic mass is 79.9. The minimum atomic E-state index is -0.0885. The Kier molecular flexibility index (Phi) is 7.14. The molecule has 0 aliphatic heterocycles. The van der Waals surface area contributed by atoms with Crippen molar-refractivity contribution in [2.75, 3.05) is 13.2 Å². The maximum atomic E-state index is 12.3. The Hall–Kier alpha value is -1.81. The van der Waals surface area contributed by atoms with Crippen LogP contribution in [0.5, 0.6) is 5.75 Å². The van der Waals surface area contributed by atoms with Crippen LogP contribution in [0.15, 0.2) is 53.0 Å². The molecule has 0 bridgehead atoms. The lowest BCUT2D eigenvalue weighted by Gasteiger charge is -2.12. The summed E-state index contributed by atoms with van der Waals surface area (Å²) in [7, 11) is 0. The van der Waals surface area contributed by atoms with Gasteiger partial charge in [-0.1, -0.05) is 59.6 Å². The summed E-state index contributed by atoms with van der Waals surface area (Å²) in [5.74, 6) is 0.535. The fourth-order valence-electron chi connectivity index (χ4n) is 2.20. The van der Waals surface area contributed by atoms with Crippen molar-refractivity contribution in [3.63, 3.8) is 0 Å². The van der Waals surface area contributed by atoms with Crippen LogP contribution in [-0.4, -0.2) is 19.1 Å². The standard InChI is InChI=1S/C19H22BrNO2/c1-2-3-12-21-19(22)17-14-16(20)9-10-18(17)23-13-11-15-7-5-4-6-8-15/h4-10,14H,2-3,11-13H2,1H3,(H,21,22). The van der Waals surface area contributed by atoms with Gasteiger partial charge >= 0.3 is 0 Å². The summed E-state index contributed by atoms with van der Waals surface area (Å²) in [6, 6.07) is 15.7. The summed E-state index contributed by atoms with van der Waals surface area (Å²) in [6.07, 6.45) is 2.84. The zero-order chi connectivity index (χ0) is 16.5. The van der Waals surface area contributed by atoms with E-state index >= 15 is 0 Å². The molecule has 122 valence electrons. The second-order valence-corrected chi connectivity index (χ2v) is 6.25. The van der Waals surface area contributed by atoms with Gasteiger partial charge in [-0.3, -0.25) is 4.79 Å². The van der Waals surface area contributed by atoms with Crippen LogP contribution >= 0.6 is 15.9 Å². The molecule has 0 aliphatic carbocycles. The maximum Gasteiger partial charge on any atom is 0.255 e. The molecule has 0 fully saturated rings. The van der Waals surface area contributed by atoms with Crippen LogP contribution in [0.1, 0.15) is 35.7 Å². The number of hydrogen-bond acceptors (Lipinski definition) is 2. The second kappa shape index (κ2) is 9.36. The summed E-state index contributed by atoms with van der Waals surface area (Å²) in [5, 5.41) is 2.94. The Morgan fingerprint density at radius 1 is 1.17 bits per heavy atom. The molecule has 0 radical (unpaired) electrons. The summed E-state index contributed by atoms with van der Waals surface area (Å²) in [4.78, 5) is 12.3. The quantitative estimate of drug-likeness (QED) is 0.684. The van der Waals surface area contributed by atoms with Gasteiger partial charge in [0.25, 0.3) is 5.91 Å². The Morgan fingerprint density at radius 3 is 2.70 bits per heavy atom. The lowest BCUT2D eigenvalue weighted by atomic mass is 10.1. The van der Waals surface area contributed by atoms with E-state index in [0.717, 1.165) is 23.7 Å². The minimum absolute atomic E-state index is 0.0885. The topological polar surface area (TPSA) is 38.3 Å². The van der Waals surface area contributed by atoms with Crippen molar-refractivity contribution in [2.24, 2.45) is 0 Å². The Bertz CT molecular complexity index is 629. The highest BCUT2D eigenvalue weighted by Crippen LogP contribution is 2.23. The first-order valence-corrected chi connectivity index (χ1v) is 8.74. The number of nitrogens with one attached hydrogen (secondary N) is 1. The SMILES string of the molecule is CCCCNC(=O)c1cc(Br)ccc1OCCc1ccccc1. The van der Waals surface area contributed by atoms with Crippen LogP contribution in [0, 0.1) is 0 Å². The Labute approximate surface area is 146 Å². The molecule has 0 unspecified atom stereocenters. The van der Waals surface area contributed by atoms with E-state index in [1.165, 1.54) is 5.56 Å². The molecule has 0 saturated carbocycles. The number of carbonyl (C=O) groups excluding carboxylic acids is 1. The van der Waals surface area contributed by atoms with Crippen molar-refractivity contribution in [1.29, 1.82) is 0 Å². The Morgan fingerprint density at radius 2 is 1.96 bits per heavy atom. The molecule has 0 saturated heterocycles. The highest BCUT2D eigenvalue weighted by Gasteiger charge is 2.13. The van der Waals surface area contributed by atoms with Crippen molar-refractivity contribution in [3.05, 3.63) is 64.1 Å². The fraction of sp³-hybridized carbons (Fsp3) is 0.316. The molecule has 23 heavy (non-hydrogen) atoms. The van der Waals surface area contributed by atoms with Gasteiger partial charge in [0.1, 0.15) is 5.75 Å². The molecule has 4 heteroatoms. The predicted molar refractivity (Wildman–Crippen MR) is 97.0 cm³/mol. The third kappa shape index (κ3) is 5.71. The maximum absolute atomic E-state index is 12.3. The van der Waals surface area contributed by atoms with Gasteiger partial charge in [0, 0.05) is 17.4 Å². The molecule has 3 nitrogen and oxygen atoms in total. The van der Waals surface area contributed by atoms with E-state index in [-0.39, 0.29) is 5.91 Å². The lowest BCUT2D eigenvalue weighted by Crippen LogP contribution is -2.25. The molecule has 1 amide bonds. The average molecular weight is 376 g/mol. The molecule has 0 heterocycles. The van der Waals surface area contributed by atoms with E-state index in [1.807, 2.05) is 30.3 Å². The molecule has 2 aromatic carbocycles. The van der Waals surface area contributed by atoms with E-state index < -0.39 is 0 Å². The molecule has 0 spiro atoms. The third-order valence-corrected chi connectivity index (χ3v) is 3.99. The van der Waals surface area contributed by atoms with Crippen LogP contribution < -0.4 is 10.1 Å². The normalized spacial score (nSPS) is 10.3. The van der Waals surface area contributed by atoms with Gasteiger partial charge < -0.3 is 10.1 Å². The molecule has 1 N–H and O–H groups in total. The number of unbranched alkanes of at least 4 members (excludes halogenated alkanes) is 1. The smallest absolute Gasteiger partial charge is 0.255 e. The van der Waals surface area contributed by atoms with Gasteiger partial charge in [0.15, 0.2) is 0 Å². The molecule has 2 rings (SSSR count). The lowest BCUT2D eigenvalue weighted by molar-refractivity contribution is 0.0949. The Balaban J connectivity index is 1.98. The molecular formula is C19H22BrNO2. The van der Waals surface area contributed by atoms with Crippen molar-refractivity contribution in [1.82, 2.24) is 5.32 Å². The van der Waals surface area contributed by atoms with Crippen LogP contribution in [-0.2, 0) is 6.42 Å². The summed E-state index contributed by atoms with van der Waals surface area (Å²) >= 11 is 3.42. The molecule has 0 atom stereocenters. The van der Waals surface area contributed by atoms with E-state index in [9.17, 15) is 4.79 Å². The molecular weight excluding hydrogens is 354 g/mol. The highest BCUT2D eigenvalue weighted by molar-refractivity contribution is 9.10. The molecule has 0 aromatic heterocycles. The van der Waals surface area contributed by atoms with Crippen molar-refractivity contribution in [2.45, 2.75) is 26.2 Å². The number of hydrogen-bond donors (Lipinski definition) is 1. The van der Waals surface area contributed by atoms with Gasteiger partial charge in [0.05, 0.1) is 12.2 Å². The molecule has 0 aliphatic rings. The monoisotopic (exact) mass is 375 g/mol. The first-order valence-electron chi connectivity index (χ1n) is 7.95. The fourth-order valence-corrected chi connectivity index (χ4v) is 2.56. The van der Waals surface area contributed by atoms with Gasteiger partial charge in [-0.15, -0.1) is 0 Å². The first-order chi connectivity index (χ1) is 11.2. The molecule has 2 aromatic rings. The van der Waals surface area contributed by atoms with Crippen LogP contribution in [0.4, 0.5) is 0 Å². The van der Waals surface area contributed by atoms with Crippen molar-refractivity contribution < 1.29 is 9.53 Å². The van der Waals surface area contributed by atoms with Crippen molar-refractivity contribution in [3.8, 4) is 5.75 Å². The largest absolute Gasteiger partial charge is 0.492 e. The van der Waals surface area contributed by atoms with Gasteiger partial charge in [0.2, 0.25) is 0 Å². The zero-order valence-electron chi connectivity index (χ0n) is 13.3. The number of benzene rings is 2. The summed E-state index contributed by atoms with van der Waals surface area (Å²) in [6.45, 7) is 3.33. The van der Waals surface area contributed by atoms with Crippen LogP contribution in [0.2, 0.25) is 0 Å².